The molecule has 3 aromatic rings. The van der Waals surface area contributed by atoms with E-state index in [1.807, 2.05) is 5.43 Å². The van der Waals surface area contributed by atoms with Gasteiger partial charge in [0.2, 0.25) is 0 Å². The Balaban J connectivity index is 1.78. The third-order valence-corrected chi connectivity index (χ3v) is 4.07. The molecule has 11 heteroatoms. The zero-order valence-electron chi connectivity index (χ0n) is 16.0. The van der Waals surface area contributed by atoms with Gasteiger partial charge in [0.1, 0.15) is 11.6 Å². The van der Waals surface area contributed by atoms with Crippen molar-refractivity contribution in [2.45, 2.75) is 13.1 Å². The Morgan fingerprint density at radius 3 is 2.19 bits per heavy atom. The maximum Gasteiger partial charge on any atom is 0.434 e. The molecule has 0 spiro atoms. The van der Waals surface area contributed by atoms with E-state index < -0.39 is 35.1 Å². The van der Waals surface area contributed by atoms with Gasteiger partial charge in [0.15, 0.2) is 5.69 Å². The molecule has 0 bridgehead atoms. The molecule has 162 valence electrons. The van der Waals surface area contributed by atoms with Gasteiger partial charge in [0.25, 0.3) is 11.8 Å². The van der Waals surface area contributed by atoms with Gasteiger partial charge >= 0.3 is 6.18 Å². The van der Waals surface area contributed by atoms with Crippen LogP contribution in [0.4, 0.5) is 17.6 Å². The minimum Gasteiger partial charge on any atom is -0.494 e. The highest BCUT2D eigenvalue weighted by molar-refractivity contribution is 5.99. The Bertz CT molecular complexity index is 1080. The number of benzene rings is 2. The molecule has 0 fully saturated rings. The fourth-order valence-electron chi connectivity index (χ4n) is 2.69. The fraction of sp³-hybridized carbons (Fsp3) is 0.150. The van der Waals surface area contributed by atoms with Crippen molar-refractivity contribution in [3.05, 3.63) is 77.4 Å². The van der Waals surface area contributed by atoms with E-state index in [1.54, 1.807) is 6.92 Å². The van der Waals surface area contributed by atoms with Gasteiger partial charge < -0.3 is 4.74 Å². The van der Waals surface area contributed by atoms with E-state index in [1.165, 1.54) is 24.3 Å². The number of nitrogens with zero attached hydrogens (tertiary/aromatic N) is 2. The van der Waals surface area contributed by atoms with E-state index in [0.717, 1.165) is 24.3 Å². The zero-order valence-corrected chi connectivity index (χ0v) is 16.0. The van der Waals surface area contributed by atoms with Gasteiger partial charge in [-0.1, -0.05) is 0 Å². The molecular formula is C20H16F4N4O3. The molecule has 7 nitrogen and oxygen atoms in total. The van der Waals surface area contributed by atoms with Crippen molar-refractivity contribution in [3.63, 3.8) is 0 Å². The molecule has 31 heavy (non-hydrogen) atoms. The lowest BCUT2D eigenvalue weighted by atomic mass is 10.2. The van der Waals surface area contributed by atoms with E-state index in [4.69, 9.17) is 4.74 Å². The number of nitrogens with one attached hydrogen (secondary N) is 2. The average Bonchev–Trinajstić information content (AvgIpc) is 3.19. The second kappa shape index (κ2) is 8.86. The number of alkyl halides is 3. The Morgan fingerprint density at radius 1 is 1.00 bits per heavy atom. The van der Waals surface area contributed by atoms with Crippen LogP contribution in [0.15, 0.2) is 54.7 Å². The van der Waals surface area contributed by atoms with Crippen LogP contribution in [0.1, 0.15) is 33.3 Å². The summed E-state index contributed by atoms with van der Waals surface area (Å²) >= 11 is 0. The predicted molar refractivity (Wildman–Crippen MR) is 101 cm³/mol. The lowest BCUT2D eigenvalue weighted by Crippen LogP contribution is -2.42. The highest BCUT2D eigenvalue weighted by Crippen LogP contribution is 2.33. The molecule has 1 heterocycles. The van der Waals surface area contributed by atoms with Gasteiger partial charge in [-0.3, -0.25) is 20.4 Å². The normalized spacial score (nSPS) is 11.1. The highest BCUT2D eigenvalue weighted by atomic mass is 19.4. The molecule has 3 rings (SSSR count). The van der Waals surface area contributed by atoms with Crippen molar-refractivity contribution in [3.8, 4) is 11.4 Å². The van der Waals surface area contributed by atoms with Crippen molar-refractivity contribution >= 4 is 11.8 Å². The minimum atomic E-state index is -4.95. The fourth-order valence-corrected chi connectivity index (χ4v) is 2.69. The Labute approximate surface area is 173 Å². The first kappa shape index (κ1) is 21.8. The van der Waals surface area contributed by atoms with Gasteiger partial charge in [-0.2, -0.15) is 18.3 Å². The van der Waals surface area contributed by atoms with Crippen LogP contribution in [0.25, 0.3) is 5.69 Å². The monoisotopic (exact) mass is 436 g/mol. The van der Waals surface area contributed by atoms with Gasteiger partial charge in [-0.05, 0) is 55.5 Å². The summed E-state index contributed by atoms with van der Waals surface area (Å²) in [5.41, 5.74) is 1.87. The SMILES string of the molecule is CCOc1ccc(C(=O)NNC(=O)c2cnn(-c3ccc(F)cc3)c2C(F)(F)F)cc1. The number of rotatable bonds is 5. The van der Waals surface area contributed by atoms with Crippen molar-refractivity contribution < 1.29 is 31.9 Å². The molecule has 0 unspecified atom stereocenters. The zero-order chi connectivity index (χ0) is 22.6. The summed E-state index contributed by atoms with van der Waals surface area (Å²) in [4.78, 5) is 24.5. The summed E-state index contributed by atoms with van der Waals surface area (Å²) in [5, 5.41) is 3.60. The average molecular weight is 436 g/mol. The molecule has 0 aliphatic rings. The molecule has 0 radical (unpaired) electrons. The summed E-state index contributed by atoms with van der Waals surface area (Å²) in [7, 11) is 0. The number of aromatic nitrogens is 2. The molecular weight excluding hydrogens is 420 g/mol. The Hall–Kier alpha value is -3.89. The van der Waals surface area contributed by atoms with Crippen molar-refractivity contribution in [2.75, 3.05) is 6.61 Å². The first-order valence-corrected chi connectivity index (χ1v) is 8.95. The predicted octanol–water partition coefficient (Wildman–Crippen LogP) is 3.50. The summed E-state index contributed by atoms with van der Waals surface area (Å²) in [6.45, 7) is 2.23. The number of hydrogen-bond acceptors (Lipinski definition) is 4. The van der Waals surface area contributed by atoms with E-state index >= 15 is 0 Å². The number of hydrazine groups is 1. The molecule has 2 aromatic carbocycles. The maximum absolute atomic E-state index is 13.6. The first-order valence-electron chi connectivity index (χ1n) is 8.95. The number of hydrogen-bond donors (Lipinski definition) is 2. The van der Waals surface area contributed by atoms with E-state index in [2.05, 4.69) is 10.5 Å². The third kappa shape index (κ3) is 5.00. The smallest absolute Gasteiger partial charge is 0.434 e. The van der Waals surface area contributed by atoms with Crippen LogP contribution < -0.4 is 15.6 Å². The molecule has 0 saturated heterocycles. The van der Waals surface area contributed by atoms with Crippen LogP contribution in [0, 0.1) is 5.82 Å². The van der Waals surface area contributed by atoms with Crippen molar-refractivity contribution in [1.29, 1.82) is 0 Å². The number of ether oxygens (including phenoxy) is 1. The van der Waals surface area contributed by atoms with Gasteiger partial charge in [0, 0.05) is 5.56 Å². The molecule has 1 aromatic heterocycles. The largest absolute Gasteiger partial charge is 0.494 e. The summed E-state index contributed by atoms with van der Waals surface area (Å²) in [6, 6.07) is 10.0. The number of carbonyl (C=O) groups excluding carboxylic acids is 2. The second-order valence-electron chi connectivity index (χ2n) is 6.16. The van der Waals surface area contributed by atoms with Crippen molar-refractivity contribution in [1.82, 2.24) is 20.6 Å². The maximum atomic E-state index is 13.6. The van der Waals surface area contributed by atoms with Crippen LogP contribution in [-0.4, -0.2) is 28.2 Å². The summed E-state index contributed by atoms with van der Waals surface area (Å²) in [5.74, 6) is -2.07. The summed E-state index contributed by atoms with van der Waals surface area (Å²) < 4.78 is 59.7. The van der Waals surface area contributed by atoms with Crippen molar-refractivity contribution in [2.24, 2.45) is 0 Å². The lowest BCUT2D eigenvalue weighted by Gasteiger charge is -2.13. The standard InChI is InChI=1S/C20H16F4N4O3/c1-2-31-15-9-3-12(4-10-15)18(29)26-27-19(30)16-11-25-28(17(16)20(22,23)24)14-7-5-13(21)6-8-14/h3-11H,2H2,1H3,(H,26,29)(H,27,30). The molecule has 2 amide bonds. The number of carbonyl (C=O) groups is 2. The molecule has 0 saturated carbocycles. The summed E-state index contributed by atoms with van der Waals surface area (Å²) in [6.07, 6.45) is -4.23. The second-order valence-corrected chi connectivity index (χ2v) is 6.16. The molecule has 0 aliphatic heterocycles. The van der Waals surface area contributed by atoms with E-state index in [-0.39, 0.29) is 11.3 Å². The molecule has 2 N–H and O–H groups in total. The quantitative estimate of drug-likeness (QED) is 0.474. The van der Waals surface area contributed by atoms with Crippen LogP contribution in [0.5, 0.6) is 5.75 Å². The molecule has 0 atom stereocenters. The topological polar surface area (TPSA) is 85.2 Å². The van der Waals surface area contributed by atoms with Crippen LogP contribution in [0.2, 0.25) is 0 Å². The number of amides is 2. The van der Waals surface area contributed by atoms with Gasteiger partial charge in [0.05, 0.1) is 24.1 Å². The highest BCUT2D eigenvalue weighted by Gasteiger charge is 2.40. The van der Waals surface area contributed by atoms with Crippen LogP contribution >= 0.6 is 0 Å². The van der Waals surface area contributed by atoms with E-state index in [0.29, 0.717) is 23.2 Å². The number of halogens is 4. The van der Waals surface area contributed by atoms with Crippen LogP contribution in [0.3, 0.4) is 0 Å². The van der Waals surface area contributed by atoms with Crippen LogP contribution in [-0.2, 0) is 6.18 Å². The molecule has 0 aliphatic carbocycles. The van der Waals surface area contributed by atoms with Gasteiger partial charge in [-0.25, -0.2) is 9.07 Å². The minimum absolute atomic E-state index is 0.0915. The first-order chi connectivity index (χ1) is 14.7. The lowest BCUT2D eigenvalue weighted by molar-refractivity contribution is -0.143. The van der Waals surface area contributed by atoms with Gasteiger partial charge in [-0.15, -0.1) is 0 Å². The Morgan fingerprint density at radius 2 is 1.61 bits per heavy atom. The third-order valence-electron chi connectivity index (χ3n) is 4.07. The Kier molecular flexibility index (Phi) is 6.23. The van der Waals surface area contributed by atoms with E-state index in [9.17, 15) is 27.2 Å².